The summed E-state index contributed by atoms with van der Waals surface area (Å²) in [6.45, 7) is 5.08. The van der Waals surface area contributed by atoms with Gasteiger partial charge in [0.15, 0.2) is 0 Å². The lowest BCUT2D eigenvalue weighted by Gasteiger charge is -2.38. The van der Waals surface area contributed by atoms with Gasteiger partial charge in [0.1, 0.15) is 0 Å². The minimum absolute atomic E-state index is 0.404. The second kappa shape index (κ2) is 6.57. The number of hydrogen-bond acceptors (Lipinski definition) is 5. The summed E-state index contributed by atoms with van der Waals surface area (Å²) in [6, 6.07) is 6.97. The van der Waals surface area contributed by atoms with Crippen LogP contribution in [0.1, 0.15) is 31.1 Å². The smallest absolute Gasteiger partial charge is 0.268 e. The molecule has 1 aromatic carbocycles. The molecule has 0 unspecified atom stereocenters. The standard InChI is InChI=1S/C12H18IN3O4S/c1-12(2,3)16(20-21(14,18)19)15(4)11(17)9-7-5-6-8-10(9)13/h5-8H,1-4H3,(H2,14,18,19). The van der Waals surface area contributed by atoms with Gasteiger partial charge >= 0.3 is 10.3 Å². The molecule has 1 amide bonds. The van der Waals surface area contributed by atoms with E-state index in [1.54, 1.807) is 45.0 Å². The van der Waals surface area contributed by atoms with E-state index < -0.39 is 21.8 Å². The number of nitrogens with two attached hydrogens (primary N) is 1. The summed E-state index contributed by atoms with van der Waals surface area (Å²) < 4.78 is 27.9. The third-order valence-corrected chi connectivity index (χ3v) is 3.71. The van der Waals surface area contributed by atoms with E-state index in [4.69, 9.17) is 9.42 Å². The first kappa shape index (κ1) is 18.3. The van der Waals surface area contributed by atoms with E-state index in [1.165, 1.54) is 7.05 Å². The van der Waals surface area contributed by atoms with Crippen LogP contribution in [0.2, 0.25) is 0 Å². The highest BCUT2D eigenvalue weighted by Gasteiger charge is 2.33. The Kier molecular flexibility index (Phi) is 5.72. The Morgan fingerprint density at radius 3 is 2.24 bits per heavy atom. The first-order valence-electron chi connectivity index (χ1n) is 5.98. The van der Waals surface area contributed by atoms with Gasteiger partial charge in [0.25, 0.3) is 5.91 Å². The average Bonchev–Trinajstić information content (AvgIpc) is 2.32. The van der Waals surface area contributed by atoms with E-state index in [9.17, 15) is 13.2 Å². The third kappa shape index (κ3) is 5.18. The minimum atomic E-state index is -4.25. The number of carbonyl (C=O) groups excluding carboxylic acids is 1. The quantitative estimate of drug-likeness (QED) is 0.581. The molecule has 0 aliphatic carbocycles. The molecule has 0 bridgehead atoms. The summed E-state index contributed by atoms with van der Waals surface area (Å²) in [5, 5.41) is 6.93. The zero-order chi connectivity index (χ0) is 16.4. The largest absolute Gasteiger partial charge is 0.351 e. The van der Waals surface area contributed by atoms with Crippen molar-refractivity contribution in [3.8, 4) is 0 Å². The van der Waals surface area contributed by atoms with Gasteiger partial charge in [-0.05, 0) is 55.5 Å². The maximum absolute atomic E-state index is 12.5. The van der Waals surface area contributed by atoms with Crippen molar-refractivity contribution in [2.24, 2.45) is 5.14 Å². The van der Waals surface area contributed by atoms with Crippen molar-refractivity contribution in [3.05, 3.63) is 33.4 Å². The van der Waals surface area contributed by atoms with Gasteiger partial charge in [0.2, 0.25) is 0 Å². The van der Waals surface area contributed by atoms with Crippen LogP contribution in [0.15, 0.2) is 24.3 Å². The Morgan fingerprint density at radius 1 is 1.29 bits per heavy atom. The average molecular weight is 427 g/mol. The van der Waals surface area contributed by atoms with Crippen molar-refractivity contribution in [2.75, 3.05) is 7.05 Å². The molecule has 0 fully saturated rings. The van der Waals surface area contributed by atoms with Gasteiger partial charge in [0, 0.05) is 10.6 Å². The number of halogens is 1. The molecule has 0 aromatic heterocycles. The van der Waals surface area contributed by atoms with E-state index in [0.29, 0.717) is 5.56 Å². The molecule has 118 valence electrons. The van der Waals surface area contributed by atoms with Gasteiger partial charge < -0.3 is 0 Å². The van der Waals surface area contributed by atoms with Gasteiger partial charge in [-0.25, -0.2) is 10.1 Å². The van der Waals surface area contributed by atoms with Crippen LogP contribution in [-0.2, 0) is 14.6 Å². The van der Waals surface area contributed by atoms with Gasteiger partial charge in [-0.2, -0.15) is 8.42 Å². The van der Waals surface area contributed by atoms with Crippen LogP contribution in [0.3, 0.4) is 0 Å². The van der Waals surface area contributed by atoms with Crippen molar-refractivity contribution in [2.45, 2.75) is 26.3 Å². The number of benzene rings is 1. The lowest BCUT2D eigenvalue weighted by Crippen LogP contribution is -2.55. The maximum Gasteiger partial charge on any atom is 0.351 e. The van der Waals surface area contributed by atoms with Gasteiger partial charge in [-0.3, -0.25) is 4.79 Å². The van der Waals surface area contributed by atoms with Gasteiger partial charge in [-0.1, -0.05) is 17.3 Å². The molecule has 0 heterocycles. The van der Waals surface area contributed by atoms with Crippen LogP contribution < -0.4 is 5.14 Å². The topological polar surface area (TPSA) is 92.9 Å². The number of amides is 1. The second-order valence-electron chi connectivity index (χ2n) is 5.32. The first-order valence-corrected chi connectivity index (χ1v) is 8.53. The molecule has 0 saturated carbocycles. The van der Waals surface area contributed by atoms with E-state index in [0.717, 1.165) is 13.8 Å². The molecule has 0 aliphatic heterocycles. The van der Waals surface area contributed by atoms with Crippen molar-refractivity contribution >= 4 is 38.8 Å². The minimum Gasteiger partial charge on any atom is -0.268 e. The maximum atomic E-state index is 12.5. The zero-order valence-corrected chi connectivity index (χ0v) is 15.2. The van der Waals surface area contributed by atoms with Crippen LogP contribution in [-0.4, -0.2) is 37.1 Å². The Bertz CT molecular complexity index is 628. The molecule has 0 saturated heterocycles. The predicted octanol–water partition coefficient (Wildman–Crippen LogP) is 1.51. The molecule has 0 atom stereocenters. The summed E-state index contributed by atoms with van der Waals surface area (Å²) in [5.74, 6) is -0.404. The lowest BCUT2D eigenvalue weighted by atomic mass is 10.1. The predicted molar refractivity (Wildman–Crippen MR) is 87.0 cm³/mol. The summed E-state index contributed by atoms with van der Waals surface area (Å²) in [7, 11) is -2.83. The van der Waals surface area contributed by atoms with Crippen molar-refractivity contribution in [3.63, 3.8) is 0 Å². The van der Waals surface area contributed by atoms with Crippen LogP contribution in [0.4, 0.5) is 0 Å². The molecule has 0 aliphatic rings. The number of hydrazine groups is 1. The van der Waals surface area contributed by atoms with Crippen LogP contribution in [0.5, 0.6) is 0 Å². The van der Waals surface area contributed by atoms with E-state index in [1.807, 2.05) is 22.6 Å². The number of hydroxylamine groups is 1. The number of carbonyl (C=O) groups is 1. The highest BCUT2D eigenvalue weighted by molar-refractivity contribution is 14.1. The molecule has 7 nitrogen and oxygen atoms in total. The summed E-state index contributed by atoms with van der Waals surface area (Å²) in [6.07, 6.45) is 0. The summed E-state index contributed by atoms with van der Waals surface area (Å²) in [5.41, 5.74) is -0.357. The van der Waals surface area contributed by atoms with Crippen LogP contribution >= 0.6 is 22.6 Å². The van der Waals surface area contributed by atoms with E-state index >= 15 is 0 Å². The third-order valence-electron chi connectivity index (χ3n) is 2.42. The molecule has 21 heavy (non-hydrogen) atoms. The summed E-state index contributed by atoms with van der Waals surface area (Å²) >= 11 is 2.03. The van der Waals surface area contributed by atoms with Gasteiger partial charge in [0.05, 0.1) is 11.1 Å². The molecule has 1 aromatic rings. The van der Waals surface area contributed by atoms with E-state index in [2.05, 4.69) is 0 Å². The summed E-state index contributed by atoms with van der Waals surface area (Å²) in [4.78, 5) is 12.5. The zero-order valence-electron chi connectivity index (χ0n) is 12.2. The Balaban J connectivity index is 3.15. The van der Waals surface area contributed by atoms with E-state index in [-0.39, 0.29) is 0 Å². The van der Waals surface area contributed by atoms with Crippen molar-refractivity contribution < 1.29 is 17.5 Å². The highest BCUT2D eigenvalue weighted by atomic mass is 127. The molecular formula is C12H18IN3O4S. The molecule has 0 radical (unpaired) electrons. The first-order chi connectivity index (χ1) is 9.43. The monoisotopic (exact) mass is 427 g/mol. The Labute approximate surface area is 138 Å². The fourth-order valence-corrected chi connectivity index (χ4v) is 2.74. The molecule has 9 heteroatoms. The van der Waals surface area contributed by atoms with Gasteiger partial charge in [-0.15, -0.1) is 4.28 Å². The Morgan fingerprint density at radius 2 is 1.81 bits per heavy atom. The van der Waals surface area contributed by atoms with Crippen molar-refractivity contribution in [1.82, 2.24) is 10.2 Å². The number of hydrogen-bond donors (Lipinski definition) is 1. The van der Waals surface area contributed by atoms with Crippen LogP contribution in [0.25, 0.3) is 0 Å². The molecule has 1 rings (SSSR count). The fourth-order valence-electron chi connectivity index (χ4n) is 1.60. The number of rotatable bonds is 4. The Hall–Kier alpha value is -0.750. The SMILES string of the molecule is CN(C(=O)c1ccccc1I)N(OS(N)(=O)=O)C(C)(C)C. The normalized spacial score (nSPS) is 12.5. The fraction of sp³-hybridized carbons (Fsp3) is 0.417. The molecule has 2 N–H and O–H groups in total. The highest BCUT2D eigenvalue weighted by Crippen LogP contribution is 2.21. The number of nitrogens with zero attached hydrogens (tertiary/aromatic N) is 2. The lowest BCUT2D eigenvalue weighted by molar-refractivity contribution is -0.234. The molecular weight excluding hydrogens is 409 g/mol. The van der Waals surface area contributed by atoms with Crippen molar-refractivity contribution in [1.29, 1.82) is 0 Å². The second-order valence-corrected chi connectivity index (χ2v) is 7.62. The molecule has 0 spiro atoms. The van der Waals surface area contributed by atoms with Crippen LogP contribution in [0, 0.1) is 3.57 Å².